The Kier molecular flexibility index (Phi) is 3.74. The van der Waals surface area contributed by atoms with Gasteiger partial charge in [-0.2, -0.15) is 0 Å². The minimum absolute atomic E-state index is 0.133. The molecule has 14 heavy (non-hydrogen) atoms. The smallest absolute Gasteiger partial charge is 0.139 e. The summed E-state index contributed by atoms with van der Waals surface area (Å²) in [6, 6.07) is 0. The van der Waals surface area contributed by atoms with Crippen molar-refractivity contribution in [2.45, 2.75) is 59.8 Å². The molecular weight excluding hydrogens is 172 g/mol. The van der Waals surface area contributed by atoms with E-state index in [1.807, 2.05) is 0 Å². The zero-order valence-electron chi connectivity index (χ0n) is 10.1. The first kappa shape index (κ1) is 11.7. The van der Waals surface area contributed by atoms with Crippen LogP contribution in [0.5, 0.6) is 0 Å². The number of carbonyl (C=O) groups is 1. The summed E-state index contributed by atoms with van der Waals surface area (Å²) in [6.07, 6.45) is 5.45. The van der Waals surface area contributed by atoms with Crippen molar-refractivity contribution >= 4 is 5.78 Å². The summed E-state index contributed by atoms with van der Waals surface area (Å²) in [4.78, 5) is 12.0. The third kappa shape index (κ3) is 3.11. The van der Waals surface area contributed by atoms with Crippen molar-refractivity contribution in [2.75, 3.05) is 0 Å². The molecule has 0 spiro atoms. The van der Waals surface area contributed by atoms with E-state index in [9.17, 15) is 4.79 Å². The molecule has 1 aliphatic rings. The van der Waals surface area contributed by atoms with Crippen molar-refractivity contribution in [3.8, 4) is 0 Å². The quantitative estimate of drug-likeness (QED) is 0.631. The zero-order valence-corrected chi connectivity index (χ0v) is 10.1. The second-order valence-corrected chi connectivity index (χ2v) is 5.73. The minimum atomic E-state index is 0.133. The Labute approximate surface area is 88.3 Å². The molecule has 0 radical (unpaired) electrons. The molecule has 1 fully saturated rings. The number of ketones is 1. The van der Waals surface area contributed by atoms with Crippen LogP contribution in [-0.2, 0) is 4.79 Å². The number of Topliss-reactive ketones (excluding diaryl/α,β-unsaturated/α-hetero) is 1. The van der Waals surface area contributed by atoms with Gasteiger partial charge < -0.3 is 0 Å². The van der Waals surface area contributed by atoms with E-state index in [0.29, 0.717) is 11.7 Å². The molecule has 0 aromatic carbocycles. The highest BCUT2D eigenvalue weighted by molar-refractivity contribution is 5.87. The van der Waals surface area contributed by atoms with Gasteiger partial charge in [-0.3, -0.25) is 4.79 Å². The molecule has 1 saturated carbocycles. The summed E-state index contributed by atoms with van der Waals surface area (Å²) in [5.74, 6) is 1.80. The van der Waals surface area contributed by atoms with Gasteiger partial charge in [0.2, 0.25) is 0 Å². The normalized spacial score (nSPS) is 19.0. The lowest BCUT2D eigenvalue weighted by atomic mass is 9.87. The summed E-state index contributed by atoms with van der Waals surface area (Å²) in [6.45, 7) is 8.75. The third-order valence-electron chi connectivity index (χ3n) is 3.24. The fourth-order valence-corrected chi connectivity index (χ4v) is 1.97. The molecule has 0 amide bonds. The van der Waals surface area contributed by atoms with E-state index < -0.39 is 0 Å². The van der Waals surface area contributed by atoms with Crippen molar-refractivity contribution in [1.29, 1.82) is 0 Å². The molecule has 0 aliphatic heterocycles. The molecule has 0 aromatic heterocycles. The van der Waals surface area contributed by atoms with Gasteiger partial charge in [0.1, 0.15) is 5.78 Å². The third-order valence-corrected chi connectivity index (χ3v) is 3.24. The molecule has 0 saturated heterocycles. The maximum absolute atomic E-state index is 12.0. The predicted octanol–water partition coefficient (Wildman–Crippen LogP) is 3.82. The highest BCUT2D eigenvalue weighted by Crippen LogP contribution is 2.52. The van der Waals surface area contributed by atoms with Crippen LogP contribution in [0, 0.1) is 17.3 Å². The number of hydrogen-bond acceptors (Lipinski definition) is 1. The van der Waals surface area contributed by atoms with Gasteiger partial charge in [-0.25, -0.2) is 0 Å². The first-order valence-electron chi connectivity index (χ1n) is 5.99. The Balaban J connectivity index is 2.37. The molecule has 0 N–H and O–H groups in total. The van der Waals surface area contributed by atoms with Gasteiger partial charge in [-0.1, -0.05) is 34.1 Å². The SMILES string of the molecule is CC(C)CCC1(C(=O)CC(C)C)CC1. The average Bonchev–Trinajstić information content (AvgIpc) is 2.80. The van der Waals surface area contributed by atoms with Crippen LogP contribution in [0.15, 0.2) is 0 Å². The lowest BCUT2D eigenvalue weighted by Gasteiger charge is -2.16. The maximum Gasteiger partial charge on any atom is 0.139 e. The highest BCUT2D eigenvalue weighted by Gasteiger charge is 2.48. The number of rotatable bonds is 6. The second-order valence-electron chi connectivity index (χ2n) is 5.73. The van der Waals surface area contributed by atoms with Crippen LogP contribution in [0.25, 0.3) is 0 Å². The molecule has 1 nitrogen and oxygen atoms in total. The topological polar surface area (TPSA) is 17.1 Å². The molecular formula is C13H24O. The predicted molar refractivity (Wildman–Crippen MR) is 60.2 cm³/mol. The van der Waals surface area contributed by atoms with Crippen molar-refractivity contribution in [3.05, 3.63) is 0 Å². The summed E-state index contributed by atoms with van der Waals surface area (Å²) in [7, 11) is 0. The average molecular weight is 196 g/mol. The van der Waals surface area contributed by atoms with Gasteiger partial charge in [-0.05, 0) is 31.1 Å². The molecule has 1 rings (SSSR count). The van der Waals surface area contributed by atoms with Crippen molar-refractivity contribution in [2.24, 2.45) is 17.3 Å². The van der Waals surface area contributed by atoms with Crippen LogP contribution in [-0.4, -0.2) is 5.78 Å². The highest BCUT2D eigenvalue weighted by atomic mass is 16.1. The minimum Gasteiger partial charge on any atom is -0.299 e. The van der Waals surface area contributed by atoms with Gasteiger partial charge in [0.05, 0.1) is 0 Å². The molecule has 0 atom stereocenters. The van der Waals surface area contributed by atoms with Crippen molar-refractivity contribution in [3.63, 3.8) is 0 Å². The first-order valence-corrected chi connectivity index (χ1v) is 5.99. The van der Waals surface area contributed by atoms with Crippen molar-refractivity contribution in [1.82, 2.24) is 0 Å². The molecule has 1 heteroatoms. The van der Waals surface area contributed by atoms with E-state index in [-0.39, 0.29) is 5.41 Å². The lowest BCUT2D eigenvalue weighted by molar-refractivity contribution is -0.125. The van der Waals surface area contributed by atoms with Crippen LogP contribution in [0.4, 0.5) is 0 Å². The fourth-order valence-electron chi connectivity index (χ4n) is 1.97. The maximum atomic E-state index is 12.0. The van der Waals surface area contributed by atoms with E-state index in [0.717, 1.165) is 31.6 Å². The Bertz CT molecular complexity index is 199. The van der Waals surface area contributed by atoms with Crippen LogP contribution in [0.3, 0.4) is 0 Å². The molecule has 0 heterocycles. The van der Waals surface area contributed by atoms with Crippen LogP contribution >= 0.6 is 0 Å². The number of hydrogen-bond donors (Lipinski definition) is 0. The van der Waals surface area contributed by atoms with Gasteiger partial charge in [0, 0.05) is 11.8 Å². The van der Waals surface area contributed by atoms with E-state index in [2.05, 4.69) is 27.7 Å². The molecule has 0 aromatic rings. The Hall–Kier alpha value is -0.330. The lowest BCUT2D eigenvalue weighted by Crippen LogP contribution is -2.18. The van der Waals surface area contributed by atoms with E-state index in [1.165, 1.54) is 6.42 Å². The van der Waals surface area contributed by atoms with E-state index >= 15 is 0 Å². The summed E-state index contributed by atoms with van der Waals surface area (Å²) in [5, 5.41) is 0. The van der Waals surface area contributed by atoms with Gasteiger partial charge in [0.15, 0.2) is 0 Å². The molecule has 82 valence electrons. The van der Waals surface area contributed by atoms with Crippen LogP contribution in [0.1, 0.15) is 59.8 Å². The van der Waals surface area contributed by atoms with E-state index in [1.54, 1.807) is 0 Å². The standard InChI is InChI=1S/C13H24O/c1-10(2)5-6-13(7-8-13)12(14)9-11(3)4/h10-11H,5-9H2,1-4H3. The molecule has 1 aliphatic carbocycles. The van der Waals surface area contributed by atoms with Gasteiger partial charge in [-0.15, -0.1) is 0 Å². The summed E-state index contributed by atoms with van der Waals surface area (Å²) >= 11 is 0. The van der Waals surface area contributed by atoms with Gasteiger partial charge in [0.25, 0.3) is 0 Å². The Morgan fingerprint density at radius 3 is 2.07 bits per heavy atom. The van der Waals surface area contributed by atoms with Crippen molar-refractivity contribution < 1.29 is 4.79 Å². The monoisotopic (exact) mass is 196 g/mol. The summed E-state index contributed by atoms with van der Waals surface area (Å²) < 4.78 is 0. The van der Waals surface area contributed by atoms with E-state index in [4.69, 9.17) is 0 Å². The largest absolute Gasteiger partial charge is 0.299 e. The Morgan fingerprint density at radius 2 is 1.71 bits per heavy atom. The molecule has 0 bridgehead atoms. The van der Waals surface area contributed by atoms with Gasteiger partial charge >= 0.3 is 0 Å². The summed E-state index contributed by atoms with van der Waals surface area (Å²) in [5.41, 5.74) is 0.133. The first-order chi connectivity index (χ1) is 6.46. The van der Waals surface area contributed by atoms with Crippen LogP contribution in [0.2, 0.25) is 0 Å². The molecule has 0 unspecified atom stereocenters. The Morgan fingerprint density at radius 1 is 1.14 bits per heavy atom. The second kappa shape index (κ2) is 4.46. The zero-order chi connectivity index (χ0) is 10.8. The number of carbonyl (C=O) groups excluding carboxylic acids is 1. The van der Waals surface area contributed by atoms with Crippen LogP contribution < -0.4 is 0 Å². The fraction of sp³-hybridized carbons (Fsp3) is 0.923.